The van der Waals surface area contributed by atoms with Gasteiger partial charge in [0.25, 0.3) is 5.91 Å². The summed E-state index contributed by atoms with van der Waals surface area (Å²) in [6.07, 6.45) is 3.35. The highest BCUT2D eigenvalue weighted by Gasteiger charge is 2.17. The molecular formula is C8H9NO2S. The van der Waals surface area contributed by atoms with Crippen LogP contribution in [-0.4, -0.2) is 11.1 Å². The first-order valence-electron chi connectivity index (χ1n) is 3.87. The molecule has 0 fully saturated rings. The smallest absolute Gasteiger partial charge is 0.284 e. The molecule has 2 rings (SSSR count). The van der Waals surface area contributed by atoms with Crippen LogP contribution in [0, 0.1) is 0 Å². The van der Waals surface area contributed by atoms with Crippen LogP contribution in [0.4, 0.5) is 0 Å². The van der Waals surface area contributed by atoms with E-state index in [1.165, 1.54) is 28.2 Å². The summed E-state index contributed by atoms with van der Waals surface area (Å²) < 4.78 is 0. The standard InChI is InChI=1S/C8H9NO2S/c10-8(9-11)7-4-5-2-1-3-6(5)12-7/h4,11H,1-3H2,(H,9,10). The number of rotatable bonds is 1. The van der Waals surface area contributed by atoms with Gasteiger partial charge in [-0.3, -0.25) is 10.0 Å². The minimum Gasteiger partial charge on any atom is -0.288 e. The minimum atomic E-state index is -0.394. The lowest BCUT2D eigenvalue weighted by Crippen LogP contribution is -2.17. The van der Waals surface area contributed by atoms with Crippen LogP contribution < -0.4 is 5.48 Å². The number of hydroxylamine groups is 1. The largest absolute Gasteiger partial charge is 0.288 e. The third-order valence-electron chi connectivity index (χ3n) is 2.07. The number of carbonyl (C=O) groups excluding carboxylic acids is 1. The molecule has 1 amide bonds. The summed E-state index contributed by atoms with van der Waals surface area (Å²) in [7, 11) is 0. The van der Waals surface area contributed by atoms with Crippen LogP contribution in [0.25, 0.3) is 0 Å². The van der Waals surface area contributed by atoms with Crippen molar-refractivity contribution in [3.05, 3.63) is 21.4 Å². The van der Waals surface area contributed by atoms with E-state index in [4.69, 9.17) is 5.21 Å². The van der Waals surface area contributed by atoms with Crippen molar-refractivity contribution in [1.29, 1.82) is 0 Å². The predicted octanol–water partition coefficient (Wildman–Crippen LogP) is 1.36. The zero-order chi connectivity index (χ0) is 8.55. The molecule has 0 saturated carbocycles. The Kier molecular flexibility index (Phi) is 1.86. The zero-order valence-electron chi connectivity index (χ0n) is 6.46. The molecule has 0 aliphatic heterocycles. The van der Waals surface area contributed by atoms with Gasteiger partial charge in [-0.2, -0.15) is 0 Å². The molecular weight excluding hydrogens is 174 g/mol. The van der Waals surface area contributed by atoms with Gasteiger partial charge in [-0.15, -0.1) is 11.3 Å². The number of fused-ring (bicyclic) bond motifs is 1. The van der Waals surface area contributed by atoms with Crippen molar-refractivity contribution in [2.24, 2.45) is 0 Å². The van der Waals surface area contributed by atoms with Crippen molar-refractivity contribution < 1.29 is 10.0 Å². The molecule has 64 valence electrons. The van der Waals surface area contributed by atoms with Gasteiger partial charge in [0.15, 0.2) is 0 Å². The highest BCUT2D eigenvalue weighted by molar-refractivity contribution is 7.14. The maximum absolute atomic E-state index is 11.0. The molecule has 1 aliphatic carbocycles. The fourth-order valence-corrected chi connectivity index (χ4v) is 2.64. The summed E-state index contributed by atoms with van der Waals surface area (Å²) >= 11 is 1.48. The normalized spacial score (nSPS) is 14.4. The Morgan fingerprint density at radius 2 is 2.42 bits per heavy atom. The molecule has 1 aliphatic rings. The maximum atomic E-state index is 11.0. The molecule has 0 unspecified atom stereocenters. The SMILES string of the molecule is O=C(NO)c1cc2c(s1)CCC2. The van der Waals surface area contributed by atoms with Crippen molar-refractivity contribution >= 4 is 17.2 Å². The highest BCUT2D eigenvalue weighted by atomic mass is 32.1. The summed E-state index contributed by atoms with van der Waals surface area (Å²) in [6, 6.07) is 1.87. The third kappa shape index (κ3) is 1.13. The molecule has 4 heteroatoms. The third-order valence-corrected chi connectivity index (χ3v) is 3.31. The van der Waals surface area contributed by atoms with Gasteiger partial charge in [-0.05, 0) is 30.9 Å². The zero-order valence-corrected chi connectivity index (χ0v) is 7.28. The number of amides is 1. The number of hydrogen-bond donors (Lipinski definition) is 2. The Bertz CT molecular complexity index is 297. The second kappa shape index (κ2) is 2.88. The lowest BCUT2D eigenvalue weighted by atomic mass is 10.2. The van der Waals surface area contributed by atoms with Gasteiger partial charge in [0, 0.05) is 4.88 Å². The average Bonchev–Trinajstić information content (AvgIpc) is 2.60. The number of nitrogens with one attached hydrogen (secondary N) is 1. The molecule has 1 aromatic heterocycles. The van der Waals surface area contributed by atoms with E-state index in [-0.39, 0.29) is 0 Å². The van der Waals surface area contributed by atoms with Crippen LogP contribution >= 0.6 is 11.3 Å². The lowest BCUT2D eigenvalue weighted by molar-refractivity contribution is 0.0711. The van der Waals surface area contributed by atoms with Crippen LogP contribution in [0.15, 0.2) is 6.07 Å². The van der Waals surface area contributed by atoms with Gasteiger partial charge in [-0.25, -0.2) is 5.48 Å². The van der Waals surface area contributed by atoms with Gasteiger partial charge in [0.1, 0.15) is 0 Å². The first kappa shape index (κ1) is 7.76. The van der Waals surface area contributed by atoms with E-state index in [2.05, 4.69) is 0 Å². The Morgan fingerprint density at radius 3 is 3.08 bits per heavy atom. The summed E-state index contributed by atoms with van der Waals surface area (Å²) in [4.78, 5) is 12.9. The first-order valence-corrected chi connectivity index (χ1v) is 4.69. The summed E-state index contributed by atoms with van der Waals surface area (Å²) in [5.41, 5.74) is 2.92. The Balaban J connectivity index is 2.31. The molecule has 3 nitrogen and oxygen atoms in total. The maximum Gasteiger partial charge on any atom is 0.284 e. The molecule has 2 N–H and O–H groups in total. The second-order valence-corrected chi connectivity index (χ2v) is 3.99. The Hall–Kier alpha value is -0.870. The van der Waals surface area contributed by atoms with Gasteiger partial charge < -0.3 is 0 Å². The van der Waals surface area contributed by atoms with Crippen LogP contribution in [0.3, 0.4) is 0 Å². The van der Waals surface area contributed by atoms with Gasteiger partial charge >= 0.3 is 0 Å². The van der Waals surface area contributed by atoms with E-state index in [9.17, 15) is 4.79 Å². The fourth-order valence-electron chi connectivity index (χ4n) is 1.50. The van der Waals surface area contributed by atoms with Crippen molar-refractivity contribution in [2.45, 2.75) is 19.3 Å². The number of hydrogen-bond acceptors (Lipinski definition) is 3. The summed E-state index contributed by atoms with van der Waals surface area (Å²) in [5.74, 6) is -0.394. The topological polar surface area (TPSA) is 49.3 Å². The monoisotopic (exact) mass is 183 g/mol. The van der Waals surface area contributed by atoms with E-state index < -0.39 is 5.91 Å². The van der Waals surface area contributed by atoms with E-state index >= 15 is 0 Å². The number of carbonyl (C=O) groups is 1. The molecule has 0 radical (unpaired) electrons. The molecule has 0 atom stereocenters. The fraction of sp³-hybridized carbons (Fsp3) is 0.375. The second-order valence-electron chi connectivity index (χ2n) is 2.85. The van der Waals surface area contributed by atoms with Gasteiger partial charge in [0.2, 0.25) is 0 Å². The first-order chi connectivity index (χ1) is 5.81. The van der Waals surface area contributed by atoms with E-state index in [1.807, 2.05) is 6.07 Å². The highest BCUT2D eigenvalue weighted by Crippen LogP contribution is 2.30. The molecule has 0 bridgehead atoms. The Labute approximate surface area is 74.0 Å². The number of thiophene rings is 1. The summed E-state index contributed by atoms with van der Waals surface area (Å²) in [6.45, 7) is 0. The van der Waals surface area contributed by atoms with E-state index in [0.717, 1.165) is 12.8 Å². The molecule has 12 heavy (non-hydrogen) atoms. The van der Waals surface area contributed by atoms with Crippen molar-refractivity contribution in [3.8, 4) is 0 Å². The van der Waals surface area contributed by atoms with Gasteiger partial charge in [-0.1, -0.05) is 0 Å². The molecule has 1 heterocycles. The average molecular weight is 183 g/mol. The van der Waals surface area contributed by atoms with Crippen LogP contribution in [0.2, 0.25) is 0 Å². The summed E-state index contributed by atoms with van der Waals surface area (Å²) in [5, 5.41) is 8.39. The quantitative estimate of drug-likeness (QED) is 0.510. The number of aryl methyl sites for hydroxylation is 2. The van der Waals surface area contributed by atoms with E-state index in [0.29, 0.717) is 4.88 Å². The molecule has 0 aromatic carbocycles. The molecule has 1 aromatic rings. The van der Waals surface area contributed by atoms with Crippen LogP contribution in [0.5, 0.6) is 0 Å². The lowest BCUT2D eigenvalue weighted by Gasteiger charge is -1.91. The minimum absolute atomic E-state index is 0.394. The van der Waals surface area contributed by atoms with Crippen LogP contribution in [-0.2, 0) is 12.8 Å². The van der Waals surface area contributed by atoms with Crippen molar-refractivity contribution in [3.63, 3.8) is 0 Å². The van der Waals surface area contributed by atoms with Crippen molar-refractivity contribution in [2.75, 3.05) is 0 Å². The van der Waals surface area contributed by atoms with Crippen LogP contribution in [0.1, 0.15) is 26.5 Å². The predicted molar refractivity (Wildman–Crippen MR) is 45.6 cm³/mol. The Morgan fingerprint density at radius 1 is 1.58 bits per heavy atom. The molecule has 0 spiro atoms. The van der Waals surface area contributed by atoms with E-state index in [1.54, 1.807) is 5.48 Å². The molecule has 0 saturated heterocycles. The van der Waals surface area contributed by atoms with Crippen molar-refractivity contribution in [1.82, 2.24) is 5.48 Å². The van der Waals surface area contributed by atoms with Gasteiger partial charge in [0.05, 0.1) is 4.88 Å².